The van der Waals surface area contributed by atoms with Crippen LogP contribution in [0, 0.1) is 11.3 Å². The largest absolute Gasteiger partial charge is 0.497 e. The molecule has 2 aromatic carbocycles. The van der Waals surface area contributed by atoms with E-state index in [1.807, 2.05) is 6.07 Å². The fourth-order valence-corrected chi connectivity index (χ4v) is 2.12. The molecule has 0 aliphatic carbocycles. The Hall–Kier alpha value is -3.99. The molecule has 2 aromatic rings. The van der Waals surface area contributed by atoms with Crippen molar-refractivity contribution < 1.29 is 24.2 Å². The lowest BCUT2D eigenvalue weighted by molar-refractivity contribution is -0.112. The first kappa shape index (κ1) is 19.3. The van der Waals surface area contributed by atoms with Gasteiger partial charge in [-0.05, 0) is 36.4 Å². The molecule has 8 nitrogen and oxygen atoms in total. The maximum absolute atomic E-state index is 12.2. The van der Waals surface area contributed by atoms with E-state index in [2.05, 4.69) is 10.6 Å². The molecule has 0 saturated carbocycles. The smallest absolute Gasteiger partial charge is 0.335 e. The first-order valence-electron chi connectivity index (χ1n) is 7.72. The van der Waals surface area contributed by atoms with Crippen LogP contribution in [-0.2, 0) is 4.79 Å². The molecule has 0 aromatic heterocycles. The molecule has 8 heteroatoms. The third kappa shape index (κ3) is 4.99. The van der Waals surface area contributed by atoms with E-state index in [1.54, 1.807) is 18.2 Å². The van der Waals surface area contributed by atoms with Crippen LogP contribution >= 0.6 is 0 Å². The van der Waals surface area contributed by atoms with Crippen molar-refractivity contribution in [3.05, 3.63) is 59.8 Å². The third-order valence-corrected chi connectivity index (χ3v) is 3.53. The van der Waals surface area contributed by atoms with E-state index in [-0.39, 0.29) is 11.1 Å². The molecule has 0 saturated heterocycles. The summed E-state index contributed by atoms with van der Waals surface area (Å²) < 4.78 is 10.4. The second kappa shape index (κ2) is 8.92. The number of anilines is 2. The van der Waals surface area contributed by atoms with Gasteiger partial charge in [-0.2, -0.15) is 5.26 Å². The molecular weight excluding hydrogens is 350 g/mol. The van der Waals surface area contributed by atoms with Crippen LogP contribution in [0.1, 0.15) is 10.4 Å². The van der Waals surface area contributed by atoms with E-state index in [4.69, 9.17) is 14.6 Å². The van der Waals surface area contributed by atoms with E-state index in [1.165, 1.54) is 44.7 Å². The van der Waals surface area contributed by atoms with Crippen LogP contribution in [0.15, 0.2) is 54.2 Å². The molecule has 0 unspecified atom stereocenters. The zero-order chi connectivity index (χ0) is 19.8. The van der Waals surface area contributed by atoms with Gasteiger partial charge < -0.3 is 25.2 Å². The van der Waals surface area contributed by atoms with Crippen LogP contribution in [0.4, 0.5) is 11.4 Å². The lowest BCUT2D eigenvalue weighted by Crippen LogP contribution is -2.14. The second-order valence-electron chi connectivity index (χ2n) is 5.22. The third-order valence-electron chi connectivity index (χ3n) is 3.53. The maximum Gasteiger partial charge on any atom is 0.335 e. The van der Waals surface area contributed by atoms with E-state index in [0.717, 1.165) is 0 Å². The number of aromatic carboxylic acids is 1. The summed E-state index contributed by atoms with van der Waals surface area (Å²) in [6.07, 6.45) is 1.25. The first-order valence-corrected chi connectivity index (χ1v) is 7.72. The SMILES string of the molecule is COc1ccc(OC)c(N/C=C(/C#N)C(=O)Nc2ccc(C(=O)O)cc2)c1. The molecular formula is C19H17N3O5. The highest BCUT2D eigenvalue weighted by Crippen LogP contribution is 2.29. The number of benzene rings is 2. The summed E-state index contributed by atoms with van der Waals surface area (Å²) in [5.41, 5.74) is 0.798. The highest BCUT2D eigenvalue weighted by Gasteiger charge is 2.11. The summed E-state index contributed by atoms with van der Waals surface area (Å²) in [6.45, 7) is 0. The zero-order valence-electron chi connectivity index (χ0n) is 14.6. The van der Waals surface area contributed by atoms with Gasteiger partial charge in [0.25, 0.3) is 5.91 Å². The van der Waals surface area contributed by atoms with E-state index in [9.17, 15) is 14.9 Å². The van der Waals surface area contributed by atoms with Gasteiger partial charge in [0.1, 0.15) is 23.1 Å². The van der Waals surface area contributed by atoms with Gasteiger partial charge in [0.15, 0.2) is 0 Å². The molecule has 0 fully saturated rings. The fraction of sp³-hybridized carbons (Fsp3) is 0.105. The van der Waals surface area contributed by atoms with E-state index in [0.29, 0.717) is 22.9 Å². The number of nitrogens with one attached hydrogen (secondary N) is 2. The summed E-state index contributed by atoms with van der Waals surface area (Å²) >= 11 is 0. The number of hydrogen-bond donors (Lipinski definition) is 3. The van der Waals surface area contributed by atoms with E-state index < -0.39 is 11.9 Å². The number of nitriles is 1. The molecule has 138 valence electrons. The Morgan fingerprint density at radius 1 is 1.11 bits per heavy atom. The van der Waals surface area contributed by atoms with Gasteiger partial charge in [0, 0.05) is 18.0 Å². The molecule has 0 heterocycles. The number of rotatable bonds is 7. The maximum atomic E-state index is 12.2. The van der Waals surface area contributed by atoms with Crippen LogP contribution in [-0.4, -0.2) is 31.2 Å². The number of amides is 1. The van der Waals surface area contributed by atoms with Crippen LogP contribution in [0.2, 0.25) is 0 Å². The van der Waals surface area contributed by atoms with Crippen LogP contribution in [0.5, 0.6) is 11.5 Å². The summed E-state index contributed by atoms with van der Waals surface area (Å²) in [6, 6.07) is 12.5. The average Bonchev–Trinajstić information content (AvgIpc) is 2.68. The lowest BCUT2D eigenvalue weighted by Gasteiger charge is -2.10. The Kier molecular flexibility index (Phi) is 6.39. The van der Waals surface area contributed by atoms with E-state index >= 15 is 0 Å². The number of nitrogens with zero attached hydrogens (tertiary/aromatic N) is 1. The van der Waals surface area contributed by atoms with Gasteiger partial charge >= 0.3 is 5.97 Å². The second-order valence-corrected chi connectivity index (χ2v) is 5.22. The summed E-state index contributed by atoms with van der Waals surface area (Å²) in [4.78, 5) is 23.1. The topological polar surface area (TPSA) is 121 Å². The molecule has 1 amide bonds. The Morgan fingerprint density at radius 2 is 1.81 bits per heavy atom. The predicted molar refractivity (Wildman–Crippen MR) is 98.9 cm³/mol. The van der Waals surface area contributed by atoms with Gasteiger partial charge in [-0.1, -0.05) is 0 Å². The molecule has 27 heavy (non-hydrogen) atoms. The number of methoxy groups -OCH3 is 2. The standard InChI is InChI=1S/C19H17N3O5/c1-26-15-7-8-17(27-2)16(9-15)21-11-13(10-20)18(23)22-14-5-3-12(4-6-14)19(24)25/h3-9,11,21H,1-2H3,(H,22,23)(H,24,25)/b13-11-. The van der Waals surface area contributed by atoms with Crippen molar-refractivity contribution in [3.63, 3.8) is 0 Å². The molecule has 0 bridgehead atoms. The highest BCUT2D eigenvalue weighted by molar-refractivity contribution is 6.06. The van der Waals surface area contributed by atoms with Crippen molar-refractivity contribution in [2.24, 2.45) is 0 Å². The fourth-order valence-electron chi connectivity index (χ4n) is 2.12. The van der Waals surface area contributed by atoms with Crippen LogP contribution < -0.4 is 20.1 Å². The number of carbonyl (C=O) groups is 2. The lowest BCUT2D eigenvalue weighted by atomic mass is 10.2. The van der Waals surface area contributed by atoms with Gasteiger partial charge in [-0.15, -0.1) is 0 Å². The highest BCUT2D eigenvalue weighted by atomic mass is 16.5. The van der Waals surface area contributed by atoms with Gasteiger partial charge in [0.2, 0.25) is 0 Å². The van der Waals surface area contributed by atoms with Gasteiger partial charge in [-0.3, -0.25) is 4.79 Å². The van der Waals surface area contributed by atoms with Crippen molar-refractivity contribution in [2.75, 3.05) is 24.9 Å². The quantitative estimate of drug-likeness (QED) is 0.508. The van der Waals surface area contributed by atoms with Crippen LogP contribution in [0.3, 0.4) is 0 Å². The molecule has 0 atom stereocenters. The molecule has 0 spiro atoms. The Morgan fingerprint density at radius 3 is 2.37 bits per heavy atom. The van der Waals surface area contributed by atoms with Crippen molar-refractivity contribution in [1.29, 1.82) is 5.26 Å². The first-order chi connectivity index (χ1) is 13.0. The minimum atomic E-state index is -1.07. The van der Waals surface area contributed by atoms with Crippen molar-refractivity contribution in [1.82, 2.24) is 0 Å². The number of carboxylic acid groups (broad SMARTS) is 1. The molecule has 0 aliphatic heterocycles. The summed E-state index contributed by atoms with van der Waals surface area (Å²) in [5.74, 6) is -0.626. The normalized spacial score (nSPS) is 10.5. The Labute approximate surface area is 155 Å². The zero-order valence-corrected chi connectivity index (χ0v) is 14.6. The number of ether oxygens (including phenoxy) is 2. The number of hydrogen-bond acceptors (Lipinski definition) is 6. The minimum Gasteiger partial charge on any atom is -0.497 e. The Balaban J connectivity index is 2.15. The number of carboxylic acids is 1. The van der Waals surface area contributed by atoms with Gasteiger partial charge in [-0.25, -0.2) is 4.79 Å². The van der Waals surface area contributed by atoms with Crippen molar-refractivity contribution in [2.45, 2.75) is 0 Å². The monoisotopic (exact) mass is 367 g/mol. The van der Waals surface area contributed by atoms with Gasteiger partial charge in [0.05, 0.1) is 25.5 Å². The minimum absolute atomic E-state index is 0.0934. The average molecular weight is 367 g/mol. The van der Waals surface area contributed by atoms with Crippen molar-refractivity contribution >= 4 is 23.3 Å². The molecule has 0 radical (unpaired) electrons. The number of carbonyl (C=O) groups excluding carboxylic acids is 1. The van der Waals surface area contributed by atoms with Crippen molar-refractivity contribution in [3.8, 4) is 17.6 Å². The van der Waals surface area contributed by atoms with Crippen LogP contribution in [0.25, 0.3) is 0 Å². The Bertz CT molecular complexity index is 914. The molecule has 3 N–H and O–H groups in total. The molecule has 0 aliphatic rings. The predicted octanol–water partition coefficient (Wildman–Crippen LogP) is 2.86. The summed E-state index contributed by atoms with van der Waals surface area (Å²) in [5, 5.41) is 23.5. The summed E-state index contributed by atoms with van der Waals surface area (Å²) in [7, 11) is 3.01. The molecule has 2 rings (SSSR count).